The van der Waals surface area contributed by atoms with Gasteiger partial charge in [-0.05, 0) is 66.6 Å². The number of halogens is 2. The van der Waals surface area contributed by atoms with Gasteiger partial charge in [0.2, 0.25) is 0 Å². The normalized spacial score (nSPS) is 24.9. The fraction of sp³-hybridized carbons (Fsp3) is 0.600. The molecule has 2 aliphatic rings. The van der Waals surface area contributed by atoms with Crippen molar-refractivity contribution in [3.05, 3.63) is 26.8 Å². The van der Waals surface area contributed by atoms with E-state index in [4.69, 9.17) is 11.6 Å². The van der Waals surface area contributed by atoms with Gasteiger partial charge < -0.3 is 4.90 Å². The minimum Gasteiger partial charge on any atom is -0.369 e. The topological polar surface area (TPSA) is 6.48 Å². The van der Waals surface area contributed by atoms with Gasteiger partial charge in [-0.25, -0.2) is 0 Å². The van der Waals surface area contributed by atoms with Gasteiger partial charge in [0.15, 0.2) is 0 Å². The van der Waals surface area contributed by atoms with E-state index >= 15 is 0 Å². The number of benzene rings is 1. The van der Waals surface area contributed by atoms with Gasteiger partial charge in [0.1, 0.15) is 0 Å². The zero-order valence-electron chi connectivity index (χ0n) is 11.1. The number of anilines is 1. The van der Waals surface area contributed by atoms with Crippen molar-refractivity contribution in [3.8, 4) is 0 Å². The summed E-state index contributed by atoms with van der Waals surface area (Å²) in [6.45, 7) is 4.82. The highest BCUT2D eigenvalue weighted by atomic mass is 127. The van der Waals surface area contributed by atoms with Crippen LogP contribution >= 0.6 is 34.2 Å². The van der Waals surface area contributed by atoms with Crippen LogP contribution in [0, 0.1) is 3.57 Å². The van der Waals surface area contributed by atoms with E-state index in [-0.39, 0.29) is 0 Å². The molecule has 1 aromatic rings. The molecule has 1 aromatic carbocycles. The first-order valence-electron chi connectivity index (χ1n) is 7.18. The van der Waals surface area contributed by atoms with E-state index in [1.807, 2.05) is 0 Å². The van der Waals surface area contributed by atoms with E-state index in [2.05, 4.69) is 50.6 Å². The van der Waals surface area contributed by atoms with Crippen LogP contribution in [0.1, 0.15) is 25.7 Å². The van der Waals surface area contributed by atoms with Crippen LogP contribution in [0.2, 0.25) is 5.02 Å². The lowest BCUT2D eigenvalue weighted by Gasteiger charge is -2.36. The summed E-state index contributed by atoms with van der Waals surface area (Å²) in [5, 5.41) is 0.899. The molecule has 3 rings (SSSR count). The molecule has 19 heavy (non-hydrogen) atoms. The molecule has 2 saturated heterocycles. The second kappa shape index (κ2) is 6.19. The summed E-state index contributed by atoms with van der Waals surface area (Å²) in [6, 6.07) is 7.14. The van der Waals surface area contributed by atoms with Crippen LogP contribution < -0.4 is 4.90 Å². The molecule has 1 unspecified atom stereocenters. The zero-order valence-corrected chi connectivity index (χ0v) is 14.0. The molecule has 2 heterocycles. The number of piperidine rings is 1. The Morgan fingerprint density at radius 1 is 1.11 bits per heavy atom. The summed E-state index contributed by atoms with van der Waals surface area (Å²) >= 11 is 8.75. The average molecular weight is 391 g/mol. The number of hydrogen-bond donors (Lipinski definition) is 0. The quantitative estimate of drug-likeness (QED) is 0.669. The molecule has 0 bridgehead atoms. The molecule has 2 aliphatic heterocycles. The summed E-state index contributed by atoms with van der Waals surface area (Å²) in [4.78, 5) is 5.18. The molecule has 2 fully saturated rings. The molecular formula is C15H20ClIN2. The number of fused-ring (bicyclic) bond motifs is 1. The van der Waals surface area contributed by atoms with Crippen molar-refractivity contribution in [2.45, 2.75) is 31.7 Å². The van der Waals surface area contributed by atoms with Crippen molar-refractivity contribution in [2.75, 3.05) is 31.1 Å². The summed E-state index contributed by atoms with van der Waals surface area (Å²) in [6.07, 6.45) is 5.35. The Hall–Kier alpha value is -0.000000000000000132. The third-order valence-electron chi connectivity index (χ3n) is 4.30. The van der Waals surface area contributed by atoms with Crippen molar-refractivity contribution in [3.63, 3.8) is 0 Å². The van der Waals surface area contributed by atoms with Crippen LogP contribution in [0.25, 0.3) is 0 Å². The predicted octanol–water partition coefficient (Wildman–Crippen LogP) is 4.01. The highest BCUT2D eigenvalue weighted by molar-refractivity contribution is 14.1. The molecule has 0 aromatic heterocycles. The highest BCUT2D eigenvalue weighted by Gasteiger charge is 2.27. The maximum Gasteiger partial charge on any atom is 0.0650 e. The molecule has 4 heteroatoms. The molecule has 104 valence electrons. The number of hydrogen-bond acceptors (Lipinski definition) is 2. The third-order valence-corrected chi connectivity index (χ3v) is 5.28. The Morgan fingerprint density at radius 3 is 2.79 bits per heavy atom. The molecule has 0 N–H and O–H groups in total. The Labute approximate surface area is 134 Å². The molecule has 0 spiro atoms. The lowest BCUT2D eigenvalue weighted by Crippen LogP contribution is -2.44. The van der Waals surface area contributed by atoms with Gasteiger partial charge in [0, 0.05) is 29.2 Å². The molecular weight excluding hydrogens is 371 g/mol. The number of rotatable bonds is 1. The summed E-state index contributed by atoms with van der Waals surface area (Å²) < 4.78 is 1.21. The van der Waals surface area contributed by atoms with Gasteiger partial charge >= 0.3 is 0 Å². The Bertz CT molecular complexity index is 452. The lowest BCUT2D eigenvalue weighted by molar-refractivity contribution is 0.162. The minimum atomic E-state index is 0.728. The van der Waals surface area contributed by atoms with E-state index in [0.717, 1.165) is 24.2 Å². The van der Waals surface area contributed by atoms with E-state index in [0.29, 0.717) is 0 Å². The van der Waals surface area contributed by atoms with Gasteiger partial charge in [-0.2, -0.15) is 0 Å². The minimum absolute atomic E-state index is 0.728. The largest absolute Gasteiger partial charge is 0.369 e. The Kier molecular flexibility index (Phi) is 4.54. The fourth-order valence-corrected chi connectivity index (χ4v) is 4.30. The van der Waals surface area contributed by atoms with Crippen LogP contribution in [0.4, 0.5) is 5.69 Å². The van der Waals surface area contributed by atoms with E-state index in [1.165, 1.54) is 48.0 Å². The maximum absolute atomic E-state index is 6.43. The molecule has 0 saturated carbocycles. The number of nitrogens with zero attached hydrogens (tertiary/aromatic N) is 2. The van der Waals surface area contributed by atoms with Crippen molar-refractivity contribution in [1.29, 1.82) is 0 Å². The van der Waals surface area contributed by atoms with Crippen LogP contribution in [-0.2, 0) is 0 Å². The first-order valence-corrected chi connectivity index (χ1v) is 8.64. The van der Waals surface area contributed by atoms with Gasteiger partial charge in [-0.3, -0.25) is 4.90 Å². The van der Waals surface area contributed by atoms with Crippen molar-refractivity contribution < 1.29 is 0 Å². The third kappa shape index (κ3) is 3.19. The van der Waals surface area contributed by atoms with Crippen molar-refractivity contribution in [2.24, 2.45) is 0 Å². The summed E-state index contributed by atoms with van der Waals surface area (Å²) in [7, 11) is 0. The van der Waals surface area contributed by atoms with Crippen LogP contribution in [0.3, 0.4) is 0 Å². The summed E-state index contributed by atoms with van der Waals surface area (Å²) in [5.41, 5.74) is 1.22. The SMILES string of the molecule is Clc1cc(I)ccc1N1CCCN2CCCCC2C1. The van der Waals surface area contributed by atoms with E-state index in [1.54, 1.807) is 0 Å². The van der Waals surface area contributed by atoms with Gasteiger partial charge in [-0.1, -0.05) is 18.0 Å². The smallest absolute Gasteiger partial charge is 0.0650 e. The van der Waals surface area contributed by atoms with Crippen molar-refractivity contribution >= 4 is 39.9 Å². The standard InChI is InChI=1S/C15H20ClIN2/c16-14-10-12(17)5-6-15(14)19-9-3-8-18-7-2-1-4-13(18)11-19/h5-6,10,13H,1-4,7-9,11H2. The summed E-state index contributed by atoms with van der Waals surface area (Å²) in [5.74, 6) is 0. The molecule has 0 radical (unpaired) electrons. The monoisotopic (exact) mass is 390 g/mol. The predicted molar refractivity (Wildman–Crippen MR) is 90.2 cm³/mol. The zero-order chi connectivity index (χ0) is 13.2. The van der Waals surface area contributed by atoms with Gasteiger partial charge in [0.25, 0.3) is 0 Å². The van der Waals surface area contributed by atoms with Gasteiger partial charge in [-0.15, -0.1) is 0 Å². The average Bonchev–Trinajstić information content (AvgIpc) is 2.60. The molecule has 1 atom stereocenters. The molecule has 0 amide bonds. The van der Waals surface area contributed by atoms with Crippen LogP contribution in [-0.4, -0.2) is 37.1 Å². The highest BCUT2D eigenvalue weighted by Crippen LogP contribution is 2.30. The van der Waals surface area contributed by atoms with Crippen LogP contribution in [0.15, 0.2) is 18.2 Å². The Balaban J connectivity index is 1.80. The fourth-order valence-electron chi connectivity index (χ4n) is 3.33. The Morgan fingerprint density at radius 2 is 1.95 bits per heavy atom. The first-order chi connectivity index (χ1) is 9.24. The van der Waals surface area contributed by atoms with E-state index < -0.39 is 0 Å². The van der Waals surface area contributed by atoms with Crippen molar-refractivity contribution in [1.82, 2.24) is 4.90 Å². The maximum atomic E-state index is 6.43. The van der Waals surface area contributed by atoms with Gasteiger partial charge in [0.05, 0.1) is 10.7 Å². The molecule has 2 nitrogen and oxygen atoms in total. The molecule has 0 aliphatic carbocycles. The lowest BCUT2D eigenvalue weighted by atomic mass is 10.0. The second-order valence-electron chi connectivity index (χ2n) is 5.58. The van der Waals surface area contributed by atoms with E-state index in [9.17, 15) is 0 Å². The second-order valence-corrected chi connectivity index (χ2v) is 7.23. The van der Waals surface area contributed by atoms with Crippen LogP contribution in [0.5, 0.6) is 0 Å². The first kappa shape index (κ1) is 14.0.